The van der Waals surface area contributed by atoms with Crippen LogP contribution < -0.4 is 0 Å². The molecule has 16 heavy (non-hydrogen) atoms. The van der Waals surface area contributed by atoms with Crippen LogP contribution in [0.5, 0.6) is 0 Å². The average Bonchev–Trinajstić information content (AvgIpc) is 2.27. The molecule has 0 aromatic heterocycles. The second-order valence-electron chi connectivity index (χ2n) is 3.32. The van der Waals surface area contributed by atoms with E-state index in [0.717, 1.165) is 6.42 Å². The van der Waals surface area contributed by atoms with Crippen molar-refractivity contribution in [1.82, 2.24) is 0 Å². The first kappa shape index (κ1) is 16.8. The molecular weight excluding hydrogens is 260 g/mol. The molecule has 0 saturated heterocycles. The van der Waals surface area contributed by atoms with Crippen molar-refractivity contribution in [2.24, 2.45) is 0 Å². The van der Waals surface area contributed by atoms with Crippen molar-refractivity contribution in [2.45, 2.75) is 44.6 Å². The van der Waals surface area contributed by atoms with Crippen molar-refractivity contribution >= 4 is 32.0 Å². The van der Waals surface area contributed by atoms with Gasteiger partial charge in [-0.15, -0.1) is 11.7 Å². The Bertz CT molecular complexity index is 151. The van der Waals surface area contributed by atoms with E-state index in [9.17, 15) is 0 Å². The Morgan fingerprint density at radius 3 is 1.75 bits per heavy atom. The van der Waals surface area contributed by atoms with Crippen molar-refractivity contribution in [3.05, 3.63) is 0 Å². The Morgan fingerprint density at radius 2 is 1.50 bits per heavy atom. The molecule has 0 amide bonds. The van der Waals surface area contributed by atoms with E-state index in [0.29, 0.717) is 24.7 Å². The van der Waals surface area contributed by atoms with Crippen LogP contribution >= 0.6 is 22.5 Å². The lowest BCUT2D eigenvalue weighted by Crippen LogP contribution is -2.49. The Hall–Kier alpha value is 0.797. The van der Waals surface area contributed by atoms with Crippen LogP contribution in [0.1, 0.15) is 34.1 Å². The zero-order valence-corrected chi connectivity index (χ0v) is 13.8. The maximum absolute atomic E-state index is 5.71. The number of rotatable bonds is 10. The molecule has 0 spiro atoms. The zero-order valence-electron chi connectivity index (χ0n) is 10.7. The summed E-state index contributed by atoms with van der Waals surface area (Å²) in [6, 6.07) is 0. The van der Waals surface area contributed by atoms with Gasteiger partial charge in [-0.05, 0) is 27.2 Å². The van der Waals surface area contributed by atoms with Gasteiger partial charge >= 0.3 is 0 Å². The molecule has 0 aromatic rings. The van der Waals surface area contributed by atoms with E-state index in [2.05, 4.69) is 18.6 Å². The second-order valence-corrected chi connectivity index (χ2v) is 7.68. The lowest BCUT2D eigenvalue weighted by Gasteiger charge is -2.34. The van der Waals surface area contributed by atoms with Gasteiger partial charge in [0.25, 0.3) is 0 Å². The highest BCUT2D eigenvalue weighted by atomic mass is 33.1. The molecule has 6 heteroatoms. The summed E-state index contributed by atoms with van der Waals surface area (Å²) in [7, 11) is 0.910. The number of hydrogen-bond acceptors (Lipinski definition) is 5. The van der Waals surface area contributed by atoms with E-state index in [1.807, 2.05) is 20.8 Å². The van der Waals surface area contributed by atoms with Gasteiger partial charge in [0.05, 0.1) is 0 Å². The molecule has 0 bridgehead atoms. The lowest BCUT2D eigenvalue weighted by atomic mass is 10.6. The molecule has 1 unspecified atom stereocenters. The van der Waals surface area contributed by atoms with E-state index in [1.165, 1.54) is 0 Å². The molecule has 0 aliphatic rings. The molecule has 0 heterocycles. The van der Waals surface area contributed by atoms with Crippen molar-refractivity contribution in [2.75, 3.05) is 19.8 Å². The minimum atomic E-state index is -0.755. The molecule has 0 saturated carbocycles. The van der Waals surface area contributed by atoms with Gasteiger partial charge in [0.1, 0.15) is 9.52 Å². The van der Waals surface area contributed by atoms with Gasteiger partial charge in [0, 0.05) is 24.7 Å². The molecule has 0 radical (unpaired) electrons. The standard InChI is InChI=1S/C10H24O3S2Si/c1-5-9(15-14)16-10(11-6-2,12-7-3)13-8-4/h9,14H,5-8,16H2,1-4H3. The first-order valence-corrected chi connectivity index (χ1v) is 9.35. The Kier molecular flexibility index (Phi) is 10.3. The van der Waals surface area contributed by atoms with Gasteiger partial charge in [0.2, 0.25) is 5.60 Å². The van der Waals surface area contributed by atoms with Crippen LogP contribution in [0.4, 0.5) is 0 Å². The molecule has 3 nitrogen and oxygen atoms in total. The quantitative estimate of drug-likeness (QED) is 0.288. The maximum atomic E-state index is 5.71. The van der Waals surface area contributed by atoms with Crippen LogP contribution in [0.15, 0.2) is 0 Å². The zero-order chi connectivity index (χ0) is 12.4. The van der Waals surface area contributed by atoms with Gasteiger partial charge in [-0.1, -0.05) is 17.7 Å². The van der Waals surface area contributed by atoms with Crippen LogP contribution in [0.2, 0.25) is 0 Å². The fourth-order valence-corrected chi connectivity index (χ4v) is 5.49. The molecular formula is C10H24O3S2Si. The Balaban J connectivity index is 4.56. The third-order valence-electron chi connectivity index (χ3n) is 2.17. The van der Waals surface area contributed by atoms with Crippen LogP contribution in [0.25, 0.3) is 0 Å². The highest BCUT2D eigenvalue weighted by Crippen LogP contribution is 2.24. The first-order chi connectivity index (χ1) is 7.67. The fraction of sp³-hybridized carbons (Fsp3) is 1.00. The third kappa shape index (κ3) is 5.93. The van der Waals surface area contributed by atoms with Crippen molar-refractivity contribution < 1.29 is 14.2 Å². The summed E-state index contributed by atoms with van der Waals surface area (Å²) >= 11 is 4.30. The monoisotopic (exact) mass is 284 g/mol. The molecule has 0 aliphatic heterocycles. The van der Waals surface area contributed by atoms with Crippen molar-refractivity contribution in [3.8, 4) is 0 Å². The predicted molar refractivity (Wildman–Crippen MR) is 76.8 cm³/mol. The molecule has 98 valence electrons. The summed E-state index contributed by atoms with van der Waals surface area (Å²) in [5.74, 6) is 0. The maximum Gasteiger partial charge on any atom is 0.250 e. The smallest absolute Gasteiger partial charge is 0.250 e. The minimum absolute atomic E-state index is 0.507. The molecule has 0 fully saturated rings. The third-order valence-corrected chi connectivity index (χ3v) is 7.69. The van der Waals surface area contributed by atoms with E-state index < -0.39 is 15.1 Å². The summed E-state index contributed by atoms with van der Waals surface area (Å²) in [5, 5.41) is 0. The van der Waals surface area contributed by atoms with Gasteiger partial charge in [-0.3, -0.25) is 0 Å². The van der Waals surface area contributed by atoms with Crippen molar-refractivity contribution in [3.63, 3.8) is 0 Å². The molecule has 1 atom stereocenters. The molecule has 0 aliphatic carbocycles. The van der Waals surface area contributed by atoms with Gasteiger partial charge in [0.15, 0.2) is 0 Å². The highest BCUT2D eigenvalue weighted by Gasteiger charge is 2.35. The van der Waals surface area contributed by atoms with Crippen LogP contribution in [-0.4, -0.2) is 39.8 Å². The van der Waals surface area contributed by atoms with Gasteiger partial charge < -0.3 is 14.2 Å². The minimum Gasteiger partial charge on any atom is -0.332 e. The fourth-order valence-electron chi connectivity index (χ4n) is 1.50. The lowest BCUT2D eigenvalue weighted by molar-refractivity contribution is -0.323. The SMILES string of the molecule is CCOC(OCC)(OCC)[SiH2]C(CC)SS. The van der Waals surface area contributed by atoms with Crippen LogP contribution in [0.3, 0.4) is 0 Å². The Morgan fingerprint density at radius 1 is 1.06 bits per heavy atom. The summed E-state index contributed by atoms with van der Waals surface area (Å²) in [5.41, 5.74) is -0.755. The number of ether oxygens (including phenoxy) is 3. The molecule has 0 N–H and O–H groups in total. The summed E-state index contributed by atoms with van der Waals surface area (Å²) in [6.45, 7) is 9.90. The summed E-state index contributed by atoms with van der Waals surface area (Å²) < 4.78 is 17.1. The van der Waals surface area contributed by atoms with E-state index in [4.69, 9.17) is 14.2 Å². The topological polar surface area (TPSA) is 27.7 Å². The molecule has 0 aromatic carbocycles. The highest BCUT2D eigenvalue weighted by molar-refractivity contribution is 8.69. The Labute approximate surface area is 111 Å². The van der Waals surface area contributed by atoms with Crippen LogP contribution in [-0.2, 0) is 14.2 Å². The number of hydrogen-bond donors (Lipinski definition) is 1. The summed E-state index contributed by atoms with van der Waals surface area (Å²) in [6.07, 6.45) is 1.08. The average molecular weight is 285 g/mol. The van der Waals surface area contributed by atoms with Gasteiger partial charge in [-0.25, -0.2) is 0 Å². The normalized spacial score (nSPS) is 14.8. The predicted octanol–water partition coefficient (Wildman–Crippen LogP) is 2.19. The second kappa shape index (κ2) is 9.79. The number of thiol groups is 1. The largest absolute Gasteiger partial charge is 0.332 e. The first-order valence-electron chi connectivity index (χ1n) is 5.90. The van der Waals surface area contributed by atoms with Gasteiger partial charge in [-0.2, -0.15) is 0 Å². The summed E-state index contributed by atoms with van der Waals surface area (Å²) in [4.78, 5) is 0.507. The van der Waals surface area contributed by atoms with E-state index in [-0.39, 0.29) is 0 Å². The van der Waals surface area contributed by atoms with E-state index >= 15 is 0 Å². The van der Waals surface area contributed by atoms with Crippen molar-refractivity contribution in [1.29, 1.82) is 0 Å². The van der Waals surface area contributed by atoms with Crippen LogP contribution in [0, 0.1) is 0 Å². The molecule has 0 rings (SSSR count). The van der Waals surface area contributed by atoms with E-state index in [1.54, 1.807) is 10.8 Å².